The fourth-order valence-electron chi connectivity index (χ4n) is 0.984. The summed E-state index contributed by atoms with van der Waals surface area (Å²) < 4.78 is 0. The van der Waals surface area contributed by atoms with Crippen molar-refractivity contribution in [1.82, 2.24) is 0 Å². The molecule has 58 valence electrons. The van der Waals surface area contributed by atoms with Gasteiger partial charge in [-0.05, 0) is 25.5 Å². The summed E-state index contributed by atoms with van der Waals surface area (Å²) >= 11 is 0. The third kappa shape index (κ3) is 1.64. The number of allylic oxidation sites excluding steroid dienone is 2. The average Bonchev–Trinajstić information content (AvgIpc) is 2.04. The molecule has 0 aromatic heterocycles. The van der Waals surface area contributed by atoms with Crippen LogP contribution in [0.3, 0.4) is 0 Å². The minimum Gasteiger partial charge on any atom is -0.270 e. The SMILES string of the molecule is C/C=C1/C=C(C)C=NC1=NC. The summed E-state index contributed by atoms with van der Waals surface area (Å²) in [6.45, 7) is 4.02. The first kappa shape index (κ1) is 7.92. The van der Waals surface area contributed by atoms with Crippen molar-refractivity contribution in [2.75, 3.05) is 7.05 Å². The number of hydrogen-bond acceptors (Lipinski definition) is 1. The first-order chi connectivity index (χ1) is 5.27. The van der Waals surface area contributed by atoms with Crippen LogP contribution in [0.2, 0.25) is 0 Å². The van der Waals surface area contributed by atoms with E-state index in [4.69, 9.17) is 0 Å². The summed E-state index contributed by atoms with van der Waals surface area (Å²) in [6.07, 6.45) is 5.92. The van der Waals surface area contributed by atoms with E-state index in [2.05, 4.69) is 16.1 Å². The molecule has 0 saturated carbocycles. The number of amidine groups is 1. The molecular weight excluding hydrogens is 136 g/mol. The summed E-state index contributed by atoms with van der Waals surface area (Å²) in [4.78, 5) is 8.21. The first-order valence-electron chi connectivity index (χ1n) is 3.63. The molecule has 0 bridgehead atoms. The van der Waals surface area contributed by atoms with Gasteiger partial charge in [0.25, 0.3) is 0 Å². The normalized spacial score (nSPS) is 24.5. The van der Waals surface area contributed by atoms with Gasteiger partial charge in [-0.15, -0.1) is 0 Å². The molecule has 2 heteroatoms. The Kier molecular flexibility index (Phi) is 2.36. The van der Waals surface area contributed by atoms with Gasteiger partial charge in [-0.1, -0.05) is 6.08 Å². The van der Waals surface area contributed by atoms with Crippen LogP contribution in [0, 0.1) is 0 Å². The van der Waals surface area contributed by atoms with Gasteiger partial charge in [0.1, 0.15) is 0 Å². The molecule has 0 aliphatic carbocycles. The van der Waals surface area contributed by atoms with Crippen LogP contribution in [0.5, 0.6) is 0 Å². The zero-order valence-electron chi connectivity index (χ0n) is 7.13. The predicted molar refractivity (Wildman–Crippen MR) is 49.4 cm³/mol. The molecule has 0 unspecified atom stereocenters. The van der Waals surface area contributed by atoms with E-state index >= 15 is 0 Å². The molecule has 1 rings (SSSR count). The fraction of sp³-hybridized carbons (Fsp3) is 0.333. The molecule has 0 aromatic carbocycles. The van der Waals surface area contributed by atoms with Gasteiger partial charge in [-0.3, -0.25) is 4.99 Å². The van der Waals surface area contributed by atoms with Crippen LogP contribution in [0.1, 0.15) is 13.8 Å². The van der Waals surface area contributed by atoms with Crippen LogP contribution in [0.25, 0.3) is 0 Å². The molecule has 0 N–H and O–H groups in total. The van der Waals surface area contributed by atoms with Gasteiger partial charge in [-0.2, -0.15) is 0 Å². The van der Waals surface area contributed by atoms with Crippen molar-refractivity contribution >= 4 is 12.1 Å². The zero-order chi connectivity index (χ0) is 8.27. The van der Waals surface area contributed by atoms with Gasteiger partial charge in [0.2, 0.25) is 0 Å². The van der Waals surface area contributed by atoms with Crippen molar-refractivity contribution in [2.45, 2.75) is 13.8 Å². The maximum absolute atomic E-state index is 4.17. The minimum atomic E-state index is 0.818. The molecule has 1 aliphatic heterocycles. The summed E-state index contributed by atoms with van der Waals surface area (Å²) in [5, 5.41) is 0. The van der Waals surface area contributed by atoms with Crippen molar-refractivity contribution in [3.8, 4) is 0 Å². The monoisotopic (exact) mass is 148 g/mol. The highest BCUT2D eigenvalue weighted by molar-refractivity contribution is 6.09. The molecule has 1 heterocycles. The zero-order valence-corrected chi connectivity index (χ0v) is 7.13. The fourth-order valence-corrected chi connectivity index (χ4v) is 0.984. The lowest BCUT2D eigenvalue weighted by Crippen LogP contribution is -2.03. The number of aliphatic imine (C=N–C) groups is 2. The highest BCUT2D eigenvalue weighted by atomic mass is 14.9. The summed E-state index contributed by atoms with van der Waals surface area (Å²) in [6, 6.07) is 0. The van der Waals surface area contributed by atoms with Gasteiger partial charge < -0.3 is 0 Å². The lowest BCUT2D eigenvalue weighted by Gasteiger charge is -2.06. The smallest absolute Gasteiger partial charge is 0.153 e. The average molecular weight is 148 g/mol. The molecule has 0 aromatic rings. The van der Waals surface area contributed by atoms with E-state index in [9.17, 15) is 0 Å². The van der Waals surface area contributed by atoms with Crippen molar-refractivity contribution < 1.29 is 0 Å². The molecule has 11 heavy (non-hydrogen) atoms. The Bertz CT molecular complexity index is 267. The van der Waals surface area contributed by atoms with Crippen LogP contribution in [-0.4, -0.2) is 19.1 Å². The Morgan fingerprint density at radius 1 is 1.55 bits per heavy atom. The van der Waals surface area contributed by atoms with E-state index in [0.29, 0.717) is 0 Å². The molecular formula is C9H12N2. The van der Waals surface area contributed by atoms with E-state index in [0.717, 1.165) is 11.4 Å². The van der Waals surface area contributed by atoms with E-state index in [1.54, 1.807) is 7.05 Å². The van der Waals surface area contributed by atoms with Gasteiger partial charge in [0.15, 0.2) is 5.84 Å². The Morgan fingerprint density at radius 3 is 2.82 bits per heavy atom. The Hall–Kier alpha value is -1.18. The Labute approximate surface area is 67.1 Å². The number of nitrogens with zero attached hydrogens (tertiary/aromatic N) is 2. The Morgan fingerprint density at radius 2 is 2.27 bits per heavy atom. The first-order valence-corrected chi connectivity index (χ1v) is 3.63. The maximum Gasteiger partial charge on any atom is 0.153 e. The van der Waals surface area contributed by atoms with Crippen LogP contribution >= 0.6 is 0 Å². The molecule has 1 aliphatic rings. The topological polar surface area (TPSA) is 24.7 Å². The second kappa shape index (κ2) is 3.28. The minimum absolute atomic E-state index is 0.818. The third-order valence-corrected chi connectivity index (χ3v) is 1.55. The second-order valence-corrected chi connectivity index (χ2v) is 2.44. The highest BCUT2D eigenvalue weighted by Crippen LogP contribution is 2.09. The molecule has 0 fully saturated rings. The lowest BCUT2D eigenvalue weighted by atomic mass is 10.1. The molecule has 2 nitrogen and oxygen atoms in total. The number of rotatable bonds is 0. The van der Waals surface area contributed by atoms with Gasteiger partial charge in [-0.25, -0.2) is 4.99 Å². The van der Waals surface area contributed by atoms with Crippen molar-refractivity contribution in [3.05, 3.63) is 23.3 Å². The van der Waals surface area contributed by atoms with Gasteiger partial charge >= 0.3 is 0 Å². The summed E-state index contributed by atoms with van der Waals surface area (Å²) in [5.74, 6) is 0.818. The van der Waals surface area contributed by atoms with Gasteiger partial charge in [0.05, 0.1) is 0 Å². The van der Waals surface area contributed by atoms with Crippen molar-refractivity contribution in [3.63, 3.8) is 0 Å². The number of dihydropyridines is 1. The molecule has 0 atom stereocenters. The Balaban J connectivity index is 3.03. The molecule has 0 spiro atoms. The summed E-state index contributed by atoms with van der Waals surface area (Å²) in [7, 11) is 1.75. The maximum atomic E-state index is 4.17. The van der Waals surface area contributed by atoms with Gasteiger partial charge in [0, 0.05) is 18.8 Å². The summed E-state index contributed by atoms with van der Waals surface area (Å²) in [5.41, 5.74) is 2.28. The van der Waals surface area contributed by atoms with Crippen LogP contribution < -0.4 is 0 Å². The van der Waals surface area contributed by atoms with Crippen molar-refractivity contribution in [1.29, 1.82) is 0 Å². The number of hydrogen-bond donors (Lipinski definition) is 0. The van der Waals surface area contributed by atoms with E-state index in [-0.39, 0.29) is 0 Å². The quantitative estimate of drug-likeness (QED) is 0.502. The van der Waals surface area contributed by atoms with Crippen LogP contribution in [0.4, 0.5) is 0 Å². The molecule has 0 radical (unpaired) electrons. The molecule has 0 saturated heterocycles. The second-order valence-electron chi connectivity index (χ2n) is 2.44. The largest absolute Gasteiger partial charge is 0.270 e. The molecule has 0 amide bonds. The van der Waals surface area contributed by atoms with E-state index < -0.39 is 0 Å². The third-order valence-electron chi connectivity index (χ3n) is 1.55. The van der Waals surface area contributed by atoms with Crippen LogP contribution in [0.15, 0.2) is 33.3 Å². The highest BCUT2D eigenvalue weighted by Gasteiger charge is 2.04. The van der Waals surface area contributed by atoms with E-state index in [1.165, 1.54) is 5.57 Å². The van der Waals surface area contributed by atoms with Crippen LogP contribution in [-0.2, 0) is 0 Å². The standard InChI is InChI=1S/C9H12N2/c1-4-8-5-7(2)6-11-9(8)10-3/h4-6H,1-3H3/b8-4-,10-9?. The van der Waals surface area contributed by atoms with Crippen molar-refractivity contribution in [2.24, 2.45) is 9.98 Å². The lowest BCUT2D eigenvalue weighted by molar-refractivity contribution is 1.36. The van der Waals surface area contributed by atoms with E-state index in [1.807, 2.05) is 26.1 Å². The predicted octanol–water partition coefficient (Wildman–Crippen LogP) is 1.99.